The Bertz CT molecular complexity index is 518. The fourth-order valence-electron chi connectivity index (χ4n) is 1.85. The first-order valence-corrected chi connectivity index (χ1v) is 6.92. The highest BCUT2D eigenvalue weighted by molar-refractivity contribution is 5.79. The molecule has 1 rings (SSSR count). The molecule has 0 saturated carbocycles. The van der Waals surface area contributed by atoms with Crippen LogP contribution >= 0.6 is 0 Å². The van der Waals surface area contributed by atoms with Crippen molar-refractivity contribution in [1.82, 2.24) is 10.6 Å². The zero-order chi connectivity index (χ0) is 16.8. The predicted octanol–water partition coefficient (Wildman–Crippen LogP) is 1.27. The number of halogens is 2. The number of hydrogen-bond acceptors (Lipinski definition) is 3. The van der Waals surface area contributed by atoms with Crippen LogP contribution in [0.4, 0.5) is 8.78 Å². The lowest BCUT2D eigenvalue weighted by atomic mass is 10.0. The van der Waals surface area contributed by atoms with E-state index >= 15 is 0 Å². The Balaban J connectivity index is 2.71. The van der Waals surface area contributed by atoms with Crippen molar-refractivity contribution in [3.05, 3.63) is 35.4 Å². The maximum atomic E-state index is 13.0. The molecule has 0 bridgehead atoms. The summed E-state index contributed by atoms with van der Waals surface area (Å²) in [5.74, 6) is -4.01. The molecule has 2 amide bonds. The van der Waals surface area contributed by atoms with Crippen molar-refractivity contribution in [2.24, 2.45) is 5.73 Å². The first-order valence-electron chi connectivity index (χ1n) is 6.92. The Hall–Kier alpha value is -2.02. The molecule has 0 aliphatic rings. The minimum atomic E-state index is -3.14. The van der Waals surface area contributed by atoms with E-state index in [1.54, 1.807) is 12.1 Å². The van der Waals surface area contributed by atoms with Gasteiger partial charge in [0.1, 0.15) is 0 Å². The van der Waals surface area contributed by atoms with Gasteiger partial charge in [0.25, 0.3) is 5.92 Å². The predicted molar refractivity (Wildman–Crippen MR) is 79.4 cm³/mol. The Morgan fingerprint density at radius 3 is 2.36 bits per heavy atom. The Morgan fingerprint density at radius 1 is 1.27 bits per heavy atom. The van der Waals surface area contributed by atoms with E-state index in [2.05, 4.69) is 10.6 Å². The van der Waals surface area contributed by atoms with Crippen LogP contribution in [0, 0.1) is 6.92 Å². The average Bonchev–Trinajstić information content (AvgIpc) is 2.45. The minimum Gasteiger partial charge on any atom is -0.350 e. The van der Waals surface area contributed by atoms with Crippen LogP contribution in [0.2, 0.25) is 0 Å². The van der Waals surface area contributed by atoms with Crippen LogP contribution < -0.4 is 16.4 Å². The van der Waals surface area contributed by atoms with Gasteiger partial charge in [0, 0.05) is 6.92 Å². The molecule has 0 saturated heterocycles. The fraction of sp³-hybridized carbons (Fsp3) is 0.467. The third-order valence-electron chi connectivity index (χ3n) is 3.09. The molecule has 0 aliphatic carbocycles. The van der Waals surface area contributed by atoms with Gasteiger partial charge in [0.15, 0.2) is 0 Å². The SMILES string of the molecule is CC(=O)NC(CC(=O)NCC(F)(F)CN)c1ccc(C)cc1. The zero-order valence-corrected chi connectivity index (χ0v) is 12.7. The lowest BCUT2D eigenvalue weighted by molar-refractivity contribution is -0.124. The number of benzene rings is 1. The molecule has 1 aromatic carbocycles. The molecule has 0 aliphatic heterocycles. The van der Waals surface area contributed by atoms with Crippen LogP contribution in [0.3, 0.4) is 0 Å². The van der Waals surface area contributed by atoms with Crippen molar-refractivity contribution < 1.29 is 18.4 Å². The minimum absolute atomic E-state index is 0.122. The lowest BCUT2D eigenvalue weighted by Gasteiger charge is -2.20. The lowest BCUT2D eigenvalue weighted by Crippen LogP contribution is -2.42. The monoisotopic (exact) mass is 313 g/mol. The number of alkyl halides is 2. The fourth-order valence-corrected chi connectivity index (χ4v) is 1.85. The molecule has 0 fully saturated rings. The molecular formula is C15H21F2N3O2. The molecule has 1 unspecified atom stereocenters. The Kier molecular flexibility index (Phi) is 6.42. The zero-order valence-electron chi connectivity index (χ0n) is 12.7. The second-order valence-corrected chi connectivity index (χ2v) is 5.20. The van der Waals surface area contributed by atoms with E-state index in [1.807, 2.05) is 19.1 Å². The maximum Gasteiger partial charge on any atom is 0.277 e. The molecule has 22 heavy (non-hydrogen) atoms. The topological polar surface area (TPSA) is 84.2 Å². The second kappa shape index (κ2) is 7.84. The summed E-state index contributed by atoms with van der Waals surface area (Å²) in [6.07, 6.45) is -0.122. The van der Waals surface area contributed by atoms with E-state index in [9.17, 15) is 18.4 Å². The van der Waals surface area contributed by atoms with E-state index in [-0.39, 0.29) is 12.3 Å². The van der Waals surface area contributed by atoms with Crippen LogP contribution in [-0.2, 0) is 9.59 Å². The van der Waals surface area contributed by atoms with E-state index in [1.165, 1.54) is 6.92 Å². The van der Waals surface area contributed by atoms with Gasteiger partial charge in [-0.3, -0.25) is 9.59 Å². The van der Waals surface area contributed by atoms with Gasteiger partial charge in [0.05, 0.1) is 25.6 Å². The van der Waals surface area contributed by atoms with Gasteiger partial charge in [-0.05, 0) is 12.5 Å². The van der Waals surface area contributed by atoms with Gasteiger partial charge in [-0.2, -0.15) is 0 Å². The number of nitrogens with two attached hydrogens (primary N) is 1. The van der Waals surface area contributed by atoms with Crippen molar-refractivity contribution in [3.63, 3.8) is 0 Å². The molecular weight excluding hydrogens is 292 g/mol. The Labute approximate surface area is 128 Å². The van der Waals surface area contributed by atoms with Gasteiger partial charge in [-0.15, -0.1) is 0 Å². The first-order chi connectivity index (χ1) is 10.2. The highest BCUT2D eigenvalue weighted by Gasteiger charge is 2.27. The molecule has 5 nitrogen and oxygen atoms in total. The number of hydrogen-bond donors (Lipinski definition) is 3. The molecule has 4 N–H and O–H groups in total. The molecule has 0 spiro atoms. The summed E-state index contributed by atoms with van der Waals surface area (Å²) in [6.45, 7) is 1.60. The average molecular weight is 313 g/mol. The first kappa shape index (κ1) is 18.0. The summed E-state index contributed by atoms with van der Waals surface area (Å²) in [4.78, 5) is 23.1. The van der Waals surface area contributed by atoms with Crippen molar-refractivity contribution in [2.75, 3.05) is 13.1 Å². The van der Waals surface area contributed by atoms with Gasteiger partial charge in [-0.1, -0.05) is 29.8 Å². The van der Waals surface area contributed by atoms with Gasteiger partial charge in [0.2, 0.25) is 11.8 Å². The van der Waals surface area contributed by atoms with Crippen molar-refractivity contribution in [2.45, 2.75) is 32.2 Å². The second-order valence-electron chi connectivity index (χ2n) is 5.20. The molecule has 0 heterocycles. The number of amides is 2. The van der Waals surface area contributed by atoms with E-state index < -0.39 is 31.0 Å². The van der Waals surface area contributed by atoms with Crippen molar-refractivity contribution in [3.8, 4) is 0 Å². The van der Waals surface area contributed by atoms with Crippen molar-refractivity contribution >= 4 is 11.8 Å². The van der Waals surface area contributed by atoms with Gasteiger partial charge in [-0.25, -0.2) is 8.78 Å². The highest BCUT2D eigenvalue weighted by Crippen LogP contribution is 2.18. The smallest absolute Gasteiger partial charge is 0.277 e. The Morgan fingerprint density at radius 2 is 1.86 bits per heavy atom. The quantitative estimate of drug-likeness (QED) is 0.709. The van der Waals surface area contributed by atoms with E-state index in [0.717, 1.165) is 11.1 Å². The highest BCUT2D eigenvalue weighted by atomic mass is 19.3. The molecule has 1 atom stereocenters. The summed E-state index contributed by atoms with van der Waals surface area (Å²) < 4.78 is 26.0. The van der Waals surface area contributed by atoms with Crippen LogP contribution in [0.5, 0.6) is 0 Å². The number of carbonyl (C=O) groups is 2. The summed E-state index contributed by atoms with van der Waals surface area (Å²) in [5.41, 5.74) is 6.68. The molecule has 0 aromatic heterocycles. The van der Waals surface area contributed by atoms with Crippen LogP contribution in [0.25, 0.3) is 0 Å². The molecule has 122 valence electrons. The molecule has 0 radical (unpaired) electrons. The number of rotatable bonds is 7. The van der Waals surface area contributed by atoms with E-state index in [0.29, 0.717) is 0 Å². The normalized spacial score (nSPS) is 12.6. The van der Waals surface area contributed by atoms with Crippen LogP contribution in [-0.4, -0.2) is 30.8 Å². The van der Waals surface area contributed by atoms with Gasteiger partial charge < -0.3 is 16.4 Å². The van der Waals surface area contributed by atoms with Crippen LogP contribution in [0.1, 0.15) is 30.5 Å². The third kappa shape index (κ3) is 6.17. The maximum absolute atomic E-state index is 13.0. The summed E-state index contributed by atoms with van der Waals surface area (Å²) in [6, 6.07) is 6.72. The van der Waals surface area contributed by atoms with Gasteiger partial charge >= 0.3 is 0 Å². The molecule has 7 heteroatoms. The third-order valence-corrected chi connectivity index (χ3v) is 3.09. The number of aryl methyl sites for hydroxylation is 1. The summed E-state index contributed by atoms with van der Waals surface area (Å²) in [5, 5.41) is 4.78. The van der Waals surface area contributed by atoms with Crippen molar-refractivity contribution in [1.29, 1.82) is 0 Å². The molecule has 1 aromatic rings. The van der Waals surface area contributed by atoms with Crippen LogP contribution in [0.15, 0.2) is 24.3 Å². The summed E-state index contributed by atoms with van der Waals surface area (Å²) in [7, 11) is 0. The standard InChI is InChI=1S/C15H21F2N3O2/c1-10-3-5-12(6-4-10)13(20-11(2)21)7-14(22)19-9-15(16,17)8-18/h3-6,13H,7-9,18H2,1-2H3,(H,19,22)(H,20,21). The summed E-state index contributed by atoms with van der Waals surface area (Å²) >= 11 is 0. The largest absolute Gasteiger partial charge is 0.350 e. The van der Waals surface area contributed by atoms with E-state index in [4.69, 9.17) is 5.73 Å². The number of nitrogens with one attached hydrogen (secondary N) is 2. The number of carbonyl (C=O) groups excluding carboxylic acids is 2.